The first-order valence-electron chi connectivity index (χ1n) is 11.1. The molecule has 0 aromatic heterocycles. The Balaban J connectivity index is 1.49. The summed E-state index contributed by atoms with van der Waals surface area (Å²) in [6, 6.07) is 14.9. The van der Waals surface area contributed by atoms with Crippen molar-refractivity contribution >= 4 is 15.9 Å². The van der Waals surface area contributed by atoms with Gasteiger partial charge >= 0.3 is 0 Å². The maximum atomic E-state index is 13.0. The van der Waals surface area contributed by atoms with Gasteiger partial charge in [-0.15, -0.1) is 0 Å². The number of hydrogen-bond acceptors (Lipinski definition) is 4. The summed E-state index contributed by atoms with van der Waals surface area (Å²) in [7, 11) is -1.91. The lowest BCUT2D eigenvalue weighted by atomic mass is 9.87. The Hall–Kier alpha value is -2.38. The van der Waals surface area contributed by atoms with E-state index in [-0.39, 0.29) is 17.2 Å². The number of carbonyl (C=O) groups excluding carboxylic acids is 1. The molecule has 1 fully saturated rings. The van der Waals surface area contributed by atoms with E-state index < -0.39 is 10.0 Å². The first-order chi connectivity index (χ1) is 15.1. The lowest BCUT2D eigenvalue weighted by Crippen LogP contribution is -2.43. The molecule has 1 heterocycles. The molecule has 2 aromatic rings. The minimum absolute atomic E-state index is 0.00471. The van der Waals surface area contributed by atoms with Crippen LogP contribution in [0.15, 0.2) is 53.4 Å². The molecular weight excluding hydrogens is 424 g/mol. The molecule has 0 bridgehead atoms. The van der Waals surface area contributed by atoms with Crippen molar-refractivity contribution in [1.29, 1.82) is 0 Å². The minimum atomic E-state index is -3.54. The Morgan fingerprint density at radius 2 is 1.62 bits per heavy atom. The van der Waals surface area contributed by atoms with Gasteiger partial charge in [0.1, 0.15) is 5.75 Å². The standard InChI is InChI=1S/C25H34N2O4S/c1-25(2,3)21-7-11-23(12-8-21)32(29,30)27-17-14-20(15-18-27)24(28)26-16-13-19-5-9-22(31-4)10-6-19/h5-12,20H,13-18H2,1-4H3,(H,26,28). The highest BCUT2D eigenvalue weighted by atomic mass is 32.2. The average molecular weight is 459 g/mol. The second-order valence-corrected chi connectivity index (χ2v) is 11.3. The molecule has 7 heteroatoms. The number of ether oxygens (including phenoxy) is 1. The van der Waals surface area contributed by atoms with E-state index in [9.17, 15) is 13.2 Å². The average Bonchev–Trinajstić information content (AvgIpc) is 2.79. The lowest BCUT2D eigenvalue weighted by molar-refractivity contribution is -0.126. The Morgan fingerprint density at radius 1 is 1.03 bits per heavy atom. The molecule has 0 saturated carbocycles. The number of hydrogen-bond donors (Lipinski definition) is 1. The van der Waals surface area contributed by atoms with Gasteiger partial charge in [-0.25, -0.2) is 8.42 Å². The molecule has 174 valence electrons. The normalized spacial score (nSPS) is 16.0. The zero-order chi connectivity index (χ0) is 23.4. The SMILES string of the molecule is COc1ccc(CCNC(=O)C2CCN(S(=O)(=O)c3ccc(C(C)(C)C)cc3)CC2)cc1. The van der Waals surface area contributed by atoms with Crippen molar-refractivity contribution in [1.82, 2.24) is 9.62 Å². The number of piperidine rings is 1. The Labute approximate surface area is 192 Å². The van der Waals surface area contributed by atoms with Gasteiger partial charge in [-0.3, -0.25) is 4.79 Å². The van der Waals surface area contributed by atoms with Crippen molar-refractivity contribution < 1.29 is 17.9 Å². The predicted octanol–water partition coefficient (Wildman–Crippen LogP) is 3.75. The smallest absolute Gasteiger partial charge is 0.243 e. The van der Waals surface area contributed by atoms with Gasteiger partial charge in [0.05, 0.1) is 12.0 Å². The summed E-state index contributed by atoms with van der Waals surface area (Å²) >= 11 is 0. The predicted molar refractivity (Wildman–Crippen MR) is 126 cm³/mol. The minimum Gasteiger partial charge on any atom is -0.497 e. The van der Waals surface area contributed by atoms with Gasteiger partial charge in [0.15, 0.2) is 0 Å². The molecule has 0 radical (unpaired) electrons. The number of methoxy groups -OCH3 is 1. The van der Waals surface area contributed by atoms with Crippen molar-refractivity contribution in [2.45, 2.75) is 50.3 Å². The van der Waals surface area contributed by atoms with E-state index in [0.717, 1.165) is 23.3 Å². The van der Waals surface area contributed by atoms with Crippen LogP contribution < -0.4 is 10.1 Å². The van der Waals surface area contributed by atoms with Gasteiger partial charge in [-0.2, -0.15) is 4.31 Å². The molecule has 6 nitrogen and oxygen atoms in total. The van der Waals surface area contributed by atoms with E-state index in [1.807, 2.05) is 36.4 Å². The van der Waals surface area contributed by atoms with E-state index in [0.29, 0.717) is 37.4 Å². The van der Waals surface area contributed by atoms with Gasteiger partial charge in [-0.1, -0.05) is 45.0 Å². The monoisotopic (exact) mass is 458 g/mol. The molecule has 1 N–H and O–H groups in total. The number of rotatable bonds is 7. The molecule has 1 aliphatic rings. The van der Waals surface area contributed by atoms with E-state index in [1.165, 1.54) is 4.31 Å². The summed E-state index contributed by atoms with van der Waals surface area (Å²) in [5.41, 5.74) is 2.20. The molecule has 1 amide bonds. The third-order valence-corrected chi connectivity index (χ3v) is 7.97. The first-order valence-corrected chi connectivity index (χ1v) is 12.6. The van der Waals surface area contributed by atoms with Crippen LogP contribution in [0.25, 0.3) is 0 Å². The fourth-order valence-electron chi connectivity index (χ4n) is 3.90. The molecule has 32 heavy (non-hydrogen) atoms. The van der Waals surface area contributed by atoms with Crippen molar-refractivity contribution in [3.8, 4) is 5.75 Å². The van der Waals surface area contributed by atoms with Gasteiger partial charge in [0.2, 0.25) is 15.9 Å². The van der Waals surface area contributed by atoms with Crippen LogP contribution in [0, 0.1) is 5.92 Å². The van der Waals surface area contributed by atoms with E-state index in [4.69, 9.17) is 4.74 Å². The number of nitrogens with zero attached hydrogens (tertiary/aromatic N) is 1. The van der Waals surface area contributed by atoms with Gasteiger partial charge in [-0.05, 0) is 60.1 Å². The highest BCUT2D eigenvalue weighted by Gasteiger charge is 2.32. The fourth-order valence-corrected chi connectivity index (χ4v) is 5.37. The molecule has 0 atom stereocenters. The molecule has 1 saturated heterocycles. The molecular formula is C25H34N2O4S. The maximum Gasteiger partial charge on any atom is 0.243 e. The summed E-state index contributed by atoms with van der Waals surface area (Å²) in [6.45, 7) is 7.58. The summed E-state index contributed by atoms with van der Waals surface area (Å²) < 4.78 is 32.7. The highest BCUT2D eigenvalue weighted by Crippen LogP contribution is 2.27. The quantitative estimate of drug-likeness (QED) is 0.686. The molecule has 0 spiro atoms. The van der Waals surface area contributed by atoms with E-state index >= 15 is 0 Å². The second-order valence-electron chi connectivity index (χ2n) is 9.34. The van der Waals surface area contributed by atoms with Gasteiger partial charge in [0.25, 0.3) is 0 Å². The molecule has 3 rings (SSSR count). The van der Waals surface area contributed by atoms with E-state index in [2.05, 4.69) is 26.1 Å². The van der Waals surface area contributed by atoms with E-state index in [1.54, 1.807) is 19.2 Å². The third kappa shape index (κ3) is 5.90. The topological polar surface area (TPSA) is 75.7 Å². The number of carbonyl (C=O) groups is 1. The third-order valence-electron chi connectivity index (χ3n) is 6.05. The second kappa shape index (κ2) is 10.0. The van der Waals surface area contributed by atoms with Crippen LogP contribution in [0.2, 0.25) is 0 Å². The summed E-state index contributed by atoms with van der Waals surface area (Å²) in [6.07, 6.45) is 1.81. The number of benzene rings is 2. The van der Waals surface area contributed by atoms with Crippen LogP contribution in [0.3, 0.4) is 0 Å². The molecule has 0 unspecified atom stereocenters. The van der Waals surface area contributed by atoms with Crippen molar-refractivity contribution in [3.63, 3.8) is 0 Å². The summed E-state index contributed by atoms with van der Waals surface area (Å²) in [5, 5.41) is 3.00. The van der Waals surface area contributed by atoms with Crippen molar-refractivity contribution in [2.24, 2.45) is 5.92 Å². The summed E-state index contributed by atoms with van der Waals surface area (Å²) in [4.78, 5) is 12.9. The van der Waals surface area contributed by atoms with Gasteiger partial charge in [0, 0.05) is 25.6 Å². The van der Waals surface area contributed by atoms with Crippen molar-refractivity contribution in [3.05, 3.63) is 59.7 Å². The van der Waals surface area contributed by atoms with Crippen LogP contribution in [0.4, 0.5) is 0 Å². The molecule has 2 aromatic carbocycles. The number of amides is 1. The van der Waals surface area contributed by atoms with Crippen molar-refractivity contribution in [2.75, 3.05) is 26.7 Å². The Bertz CT molecular complexity index is 1000. The van der Waals surface area contributed by atoms with Crippen LogP contribution in [0.1, 0.15) is 44.7 Å². The van der Waals surface area contributed by atoms with Gasteiger partial charge < -0.3 is 10.1 Å². The maximum absolute atomic E-state index is 13.0. The number of sulfonamides is 1. The highest BCUT2D eigenvalue weighted by molar-refractivity contribution is 7.89. The van der Waals surface area contributed by atoms with Crippen LogP contribution in [0.5, 0.6) is 5.75 Å². The lowest BCUT2D eigenvalue weighted by Gasteiger charge is -2.30. The zero-order valence-corrected chi connectivity index (χ0v) is 20.2. The van der Waals surface area contributed by atoms with Crippen LogP contribution in [-0.2, 0) is 26.7 Å². The van der Waals surface area contributed by atoms with Crippen LogP contribution in [-0.4, -0.2) is 45.4 Å². The largest absolute Gasteiger partial charge is 0.497 e. The zero-order valence-electron chi connectivity index (χ0n) is 19.4. The first kappa shape index (κ1) is 24.3. The van der Waals surface area contributed by atoms with Crippen LogP contribution >= 0.6 is 0 Å². The Morgan fingerprint density at radius 3 is 2.16 bits per heavy atom. The summed E-state index contributed by atoms with van der Waals surface area (Å²) in [5.74, 6) is 0.662. The molecule has 0 aliphatic carbocycles. The molecule has 1 aliphatic heterocycles. The number of nitrogens with one attached hydrogen (secondary N) is 1. The fraction of sp³-hybridized carbons (Fsp3) is 0.480. The Kier molecular flexibility index (Phi) is 7.62.